The number of rotatable bonds is 4. The number of anilines is 1. The van der Waals surface area contributed by atoms with Crippen molar-refractivity contribution < 1.29 is 4.92 Å². The van der Waals surface area contributed by atoms with Crippen molar-refractivity contribution in [3.05, 3.63) is 27.4 Å². The van der Waals surface area contributed by atoms with E-state index in [1.807, 2.05) is 0 Å². The predicted octanol–water partition coefficient (Wildman–Crippen LogP) is 1.30. The SMILES string of the molecule is CN1CCN(C)C(CNc2ncc(Cl)cc2[N+](=O)[O-])C1. The van der Waals surface area contributed by atoms with Gasteiger partial charge in [-0.1, -0.05) is 11.6 Å². The smallest absolute Gasteiger partial charge is 0.312 e. The van der Waals surface area contributed by atoms with Gasteiger partial charge in [-0.05, 0) is 14.1 Å². The van der Waals surface area contributed by atoms with E-state index >= 15 is 0 Å². The van der Waals surface area contributed by atoms with E-state index in [0.29, 0.717) is 12.6 Å². The van der Waals surface area contributed by atoms with Crippen LogP contribution < -0.4 is 5.32 Å². The molecule has 110 valence electrons. The summed E-state index contributed by atoms with van der Waals surface area (Å²) in [6.45, 7) is 3.55. The number of nitro groups is 1. The molecule has 8 heteroatoms. The summed E-state index contributed by atoms with van der Waals surface area (Å²) < 4.78 is 0. The van der Waals surface area contributed by atoms with Crippen LogP contribution in [0.5, 0.6) is 0 Å². The highest BCUT2D eigenvalue weighted by atomic mass is 35.5. The molecule has 1 aromatic rings. The van der Waals surface area contributed by atoms with Crippen LogP contribution in [-0.4, -0.2) is 66.0 Å². The Hall–Kier alpha value is -1.44. The first-order valence-corrected chi connectivity index (χ1v) is 6.77. The van der Waals surface area contributed by atoms with E-state index < -0.39 is 4.92 Å². The number of hydrogen-bond donors (Lipinski definition) is 1. The molecule has 2 heterocycles. The Bertz CT molecular complexity index is 499. The minimum absolute atomic E-state index is 0.0932. The molecule has 7 nitrogen and oxygen atoms in total. The van der Waals surface area contributed by atoms with Gasteiger partial charge in [0, 0.05) is 44.5 Å². The van der Waals surface area contributed by atoms with E-state index in [4.69, 9.17) is 11.6 Å². The zero-order valence-electron chi connectivity index (χ0n) is 11.5. The lowest BCUT2D eigenvalue weighted by molar-refractivity contribution is -0.384. The highest BCUT2D eigenvalue weighted by molar-refractivity contribution is 6.30. The average Bonchev–Trinajstić information content (AvgIpc) is 2.40. The van der Waals surface area contributed by atoms with E-state index in [1.165, 1.54) is 12.3 Å². The van der Waals surface area contributed by atoms with Crippen LogP contribution >= 0.6 is 11.6 Å². The minimum Gasteiger partial charge on any atom is -0.363 e. The Morgan fingerprint density at radius 2 is 2.30 bits per heavy atom. The molecule has 1 atom stereocenters. The first kappa shape index (κ1) is 15.0. The Kier molecular flexibility index (Phi) is 4.74. The Labute approximate surface area is 122 Å². The van der Waals surface area contributed by atoms with Crippen molar-refractivity contribution in [2.75, 3.05) is 45.6 Å². The summed E-state index contributed by atoms with van der Waals surface area (Å²) in [4.78, 5) is 19.0. The average molecular weight is 300 g/mol. The second-order valence-electron chi connectivity index (χ2n) is 5.06. The van der Waals surface area contributed by atoms with Crippen LogP contribution in [0.25, 0.3) is 0 Å². The zero-order valence-corrected chi connectivity index (χ0v) is 12.3. The third-order valence-electron chi connectivity index (χ3n) is 3.52. The maximum atomic E-state index is 11.0. The highest BCUT2D eigenvalue weighted by Crippen LogP contribution is 2.25. The zero-order chi connectivity index (χ0) is 14.7. The quantitative estimate of drug-likeness (QED) is 0.667. The van der Waals surface area contributed by atoms with Crippen molar-refractivity contribution in [3.8, 4) is 0 Å². The number of piperazine rings is 1. The fourth-order valence-corrected chi connectivity index (χ4v) is 2.39. The summed E-state index contributed by atoms with van der Waals surface area (Å²) in [5, 5.41) is 14.3. The standard InChI is InChI=1S/C12H18ClN5O2/c1-16-3-4-17(2)10(8-16)7-15-12-11(18(19)20)5-9(13)6-14-12/h5-6,10H,3-4,7-8H2,1-2H3,(H,14,15). The van der Waals surface area contributed by atoms with Crippen LogP contribution in [0.2, 0.25) is 5.02 Å². The molecule has 0 spiro atoms. The third-order valence-corrected chi connectivity index (χ3v) is 3.72. The molecule has 1 saturated heterocycles. The van der Waals surface area contributed by atoms with E-state index in [0.717, 1.165) is 19.6 Å². The fraction of sp³-hybridized carbons (Fsp3) is 0.583. The van der Waals surface area contributed by atoms with Gasteiger partial charge in [0.25, 0.3) is 0 Å². The summed E-state index contributed by atoms with van der Waals surface area (Å²) in [5.41, 5.74) is -0.0932. The summed E-state index contributed by atoms with van der Waals surface area (Å²) in [6, 6.07) is 1.61. The van der Waals surface area contributed by atoms with Gasteiger partial charge in [-0.2, -0.15) is 0 Å². The maximum absolute atomic E-state index is 11.0. The molecule has 1 fully saturated rings. The second-order valence-corrected chi connectivity index (χ2v) is 5.49. The fourth-order valence-electron chi connectivity index (χ4n) is 2.24. The van der Waals surface area contributed by atoms with Gasteiger partial charge in [0.2, 0.25) is 5.82 Å². The molecule has 0 bridgehead atoms. The number of nitrogens with zero attached hydrogens (tertiary/aromatic N) is 4. The van der Waals surface area contributed by atoms with Crippen molar-refractivity contribution >= 4 is 23.1 Å². The molecule has 2 rings (SSSR count). The topological polar surface area (TPSA) is 74.5 Å². The van der Waals surface area contributed by atoms with Crippen LogP contribution in [0.4, 0.5) is 11.5 Å². The van der Waals surface area contributed by atoms with Gasteiger partial charge >= 0.3 is 5.69 Å². The molecular formula is C12H18ClN5O2. The summed E-state index contributed by atoms with van der Waals surface area (Å²) in [6.07, 6.45) is 1.41. The van der Waals surface area contributed by atoms with E-state index in [1.54, 1.807) is 0 Å². The Morgan fingerprint density at radius 3 is 3.00 bits per heavy atom. The lowest BCUT2D eigenvalue weighted by Gasteiger charge is -2.37. The maximum Gasteiger partial charge on any atom is 0.312 e. The number of hydrogen-bond acceptors (Lipinski definition) is 6. The lowest BCUT2D eigenvalue weighted by Crippen LogP contribution is -2.52. The first-order chi connectivity index (χ1) is 9.47. The van der Waals surface area contributed by atoms with Crippen LogP contribution in [-0.2, 0) is 0 Å². The number of likely N-dealkylation sites (N-methyl/N-ethyl adjacent to an activating group) is 2. The first-order valence-electron chi connectivity index (χ1n) is 6.40. The molecule has 1 unspecified atom stereocenters. The number of nitrogens with one attached hydrogen (secondary N) is 1. The van der Waals surface area contributed by atoms with Crippen LogP contribution in [0.3, 0.4) is 0 Å². The molecule has 0 amide bonds. The molecule has 0 radical (unpaired) electrons. The Morgan fingerprint density at radius 1 is 1.55 bits per heavy atom. The van der Waals surface area contributed by atoms with Crippen molar-refractivity contribution in [1.29, 1.82) is 0 Å². The number of aromatic nitrogens is 1. The number of halogens is 1. The van der Waals surface area contributed by atoms with Crippen LogP contribution in [0.1, 0.15) is 0 Å². The molecule has 0 aromatic carbocycles. The lowest BCUT2D eigenvalue weighted by atomic mass is 10.2. The van der Waals surface area contributed by atoms with Crippen molar-refractivity contribution in [2.45, 2.75) is 6.04 Å². The minimum atomic E-state index is -0.474. The van der Waals surface area contributed by atoms with Gasteiger partial charge in [-0.15, -0.1) is 0 Å². The Balaban J connectivity index is 2.05. The predicted molar refractivity (Wildman–Crippen MR) is 78.3 cm³/mol. The van der Waals surface area contributed by atoms with E-state index in [-0.39, 0.29) is 16.5 Å². The summed E-state index contributed by atoms with van der Waals surface area (Å²) in [7, 11) is 4.13. The molecule has 1 aliphatic heterocycles. The monoisotopic (exact) mass is 299 g/mol. The molecule has 1 N–H and O–H groups in total. The third kappa shape index (κ3) is 3.56. The van der Waals surface area contributed by atoms with Gasteiger partial charge < -0.3 is 10.2 Å². The van der Waals surface area contributed by atoms with Crippen molar-refractivity contribution in [3.63, 3.8) is 0 Å². The molecule has 0 saturated carbocycles. The molecule has 0 aliphatic carbocycles. The van der Waals surface area contributed by atoms with Gasteiger partial charge in [-0.25, -0.2) is 4.98 Å². The largest absolute Gasteiger partial charge is 0.363 e. The summed E-state index contributed by atoms with van der Waals surface area (Å²) in [5.74, 6) is 0.265. The highest BCUT2D eigenvalue weighted by Gasteiger charge is 2.23. The van der Waals surface area contributed by atoms with Crippen LogP contribution in [0.15, 0.2) is 12.3 Å². The second kappa shape index (κ2) is 6.34. The summed E-state index contributed by atoms with van der Waals surface area (Å²) >= 11 is 5.74. The van der Waals surface area contributed by atoms with Gasteiger partial charge in [-0.3, -0.25) is 15.0 Å². The molecule has 1 aliphatic rings. The van der Waals surface area contributed by atoms with E-state index in [9.17, 15) is 10.1 Å². The van der Waals surface area contributed by atoms with Gasteiger partial charge in [0.05, 0.1) is 9.95 Å². The van der Waals surface area contributed by atoms with E-state index in [2.05, 4.69) is 34.2 Å². The van der Waals surface area contributed by atoms with Crippen molar-refractivity contribution in [2.24, 2.45) is 0 Å². The van der Waals surface area contributed by atoms with Gasteiger partial charge in [0.1, 0.15) is 0 Å². The molecule has 1 aromatic heterocycles. The van der Waals surface area contributed by atoms with Gasteiger partial charge in [0.15, 0.2) is 0 Å². The normalized spacial score (nSPS) is 20.9. The number of pyridine rings is 1. The van der Waals surface area contributed by atoms with Crippen LogP contribution in [0, 0.1) is 10.1 Å². The van der Waals surface area contributed by atoms with Crippen molar-refractivity contribution in [1.82, 2.24) is 14.8 Å². The molecule has 20 heavy (non-hydrogen) atoms. The molecular weight excluding hydrogens is 282 g/mol.